The molecule has 0 bridgehead atoms. The number of hydrogen-bond donors (Lipinski definition) is 3. The van der Waals surface area contributed by atoms with E-state index in [4.69, 9.17) is 4.98 Å². The van der Waals surface area contributed by atoms with E-state index >= 15 is 0 Å². The van der Waals surface area contributed by atoms with Crippen LogP contribution < -0.4 is 10.6 Å². The fourth-order valence-corrected chi connectivity index (χ4v) is 5.22. The molecule has 1 aliphatic carbocycles. The molecule has 5 rings (SSSR count). The van der Waals surface area contributed by atoms with Crippen LogP contribution in [0.4, 0.5) is 11.8 Å². The highest BCUT2D eigenvalue weighted by Crippen LogP contribution is 2.36. The van der Waals surface area contributed by atoms with Gasteiger partial charge in [-0.2, -0.15) is 4.98 Å². The molecule has 1 saturated heterocycles. The molecule has 1 saturated carbocycles. The van der Waals surface area contributed by atoms with E-state index in [0.29, 0.717) is 18.0 Å². The second kappa shape index (κ2) is 9.95. The molecule has 1 aliphatic heterocycles. The number of hydrogen-bond acceptors (Lipinski definition) is 8. The van der Waals surface area contributed by atoms with E-state index in [1.165, 1.54) is 18.4 Å². The molecule has 2 atom stereocenters. The topological polar surface area (TPSA) is 94.4 Å². The molecular formula is C25H36N8O. The minimum absolute atomic E-state index is 0.356. The van der Waals surface area contributed by atoms with E-state index in [1.807, 2.05) is 43.5 Å². The van der Waals surface area contributed by atoms with Crippen LogP contribution in [0.3, 0.4) is 0 Å². The van der Waals surface area contributed by atoms with Gasteiger partial charge >= 0.3 is 0 Å². The summed E-state index contributed by atoms with van der Waals surface area (Å²) in [4.78, 5) is 18.3. The highest BCUT2D eigenvalue weighted by Gasteiger charge is 2.26. The van der Waals surface area contributed by atoms with Crippen LogP contribution in [0.15, 0.2) is 30.6 Å². The summed E-state index contributed by atoms with van der Waals surface area (Å²) in [6, 6.07) is 7.01. The molecule has 3 aromatic rings. The van der Waals surface area contributed by atoms with Crippen molar-refractivity contribution in [2.24, 2.45) is 0 Å². The predicted octanol–water partition coefficient (Wildman–Crippen LogP) is 3.03. The fourth-order valence-electron chi connectivity index (χ4n) is 5.22. The van der Waals surface area contributed by atoms with Gasteiger partial charge in [0.25, 0.3) is 0 Å². The first-order valence-corrected chi connectivity index (χ1v) is 12.4. The van der Waals surface area contributed by atoms with E-state index in [2.05, 4.69) is 43.1 Å². The van der Waals surface area contributed by atoms with Gasteiger partial charge in [0.15, 0.2) is 0 Å². The first-order valence-electron chi connectivity index (χ1n) is 12.4. The number of aliphatic hydroxyl groups excluding tert-OH is 1. The van der Waals surface area contributed by atoms with E-state index in [-0.39, 0.29) is 0 Å². The lowest BCUT2D eigenvalue weighted by Crippen LogP contribution is -2.48. The summed E-state index contributed by atoms with van der Waals surface area (Å²) in [6.07, 6.45) is 7.72. The van der Waals surface area contributed by atoms with Crippen LogP contribution in [0.25, 0.3) is 11.0 Å². The minimum atomic E-state index is -0.681. The van der Waals surface area contributed by atoms with Crippen molar-refractivity contribution in [1.82, 2.24) is 34.6 Å². The smallest absolute Gasteiger partial charge is 0.230 e. The summed E-state index contributed by atoms with van der Waals surface area (Å²) >= 11 is 0. The number of nitrogens with zero attached hydrogens (tertiary/aromatic N) is 6. The van der Waals surface area contributed by atoms with Crippen molar-refractivity contribution in [2.45, 2.75) is 57.5 Å². The number of pyridine rings is 1. The van der Waals surface area contributed by atoms with E-state index in [0.717, 1.165) is 61.6 Å². The van der Waals surface area contributed by atoms with Gasteiger partial charge in [0, 0.05) is 56.0 Å². The molecule has 0 amide bonds. The first kappa shape index (κ1) is 23.2. The third-order valence-corrected chi connectivity index (χ3v) is 6.97. The summed E-state index contributed by atoms with van der Waals surface area (Å²) in [7, 11) is 3.77. The summed E-state index contributed by atoms with van der Waals surface area (Å²) < 4.78 is 2.23. The molecule has 3 N–H and O–H groups in total. The van der Waals surface area contributed by atoms with Gasteiger partial charge in [-0.15, -0.1) is 0 Å². The normalized spacial score (nSPS) is 20.9. The highest BCUT2D eigenvalue weighted by atomic mass is 16.3. The number of rotatable bonds is 7. The zero-order valence-corrected chi connectivity index (χ0v) is 20.4. The Balaban J connectivity index is 1.36. The molecule has 4 heterocycles. The van der Waals surface area contributed by atoms with E-state index in [9.17, 15) is 5.11 Å². The summed E-state index contributed by atoms with van der Waals surface area (Å²) in [6.45, 7) is 6.28. The SMILES string of the molecule is CC1CN(Cc2ccc(Nc3ncc4cc(C(O)N(C)C)n(C5CCCC5)c4n3)nc2)CCN1. The Hall–Kier alpha value is -2.59. The number of aliphatic hydroxyl groups is 1. The number of nitrogens with one attached hydrogen (secondary N) is 2. The van der Waals surface area contributed by atoms with Gasteiger partial charge in [-0.1, -0.05) is 18.9 Å². The van der Waals surface area contributed by atoms with Gasteiger partial charge in [0.1, 0.15) is 17.7 Å². The monoisotopic (exact) mass is 464 g/mol. The van der Waals surface area contributed by atoms with Gasteiger partial charge in [0.05, 0.1) is 5.69 Å². The molecule has 2 unspecified atom stereocenters. The van der Waals surface area contributed by atoms with Crippen LogP contribution in [0.1, 0.15) is 56.1 Å². The Morgan fingerprint density at radius 1 is 1.21 bits per heavy atom. The summed E-state index contributed by atoms with van der Waals surface area (Å²) in [5, 5.41) is 18.5. The maximum atomic E-state index is 10.8. The lowest BCUT2D eigenvalue weighted by Gasteiger charge is -2.31. The maximum Gasteiger partial charge on any atom is 0.230 e. The molecule has 2 fully saturated rings. The van der Waals surface area contributed by atoms with E-state index in [1.54, 1.807) is 0 Å². The van der Waals surface area contributed by atoms with Crippen molar-refractivity contribution < 1.29 is 5.11 Å². The molecule has 0 radical (unpaired) electrons. The Kier molecular flexibility index (Phi) is 6.78. The van der Waals surface area contributed by atoms with Gasteiger partial charge in [0.2, 0.25) is 5.95 Å². The number of piperazine rings is 1. The molecule has 9 nitrogen and oxygen atoms in total. The zero-order chi connectivity index (χ0) is 23.7. The Bertz CT molecular complexity index is 1110. The Morgan fingerprint density at radius 2 is 2.03 bits per heavy atom. The first-order chi connectivity index (χ1) is 16.5. The molecule has 0 aromatic carbocycles. The second-order valence-corrected chi connectivity index (χ2v) is 9.95. The van der Waals surface area contributed by atoms with Gasteiger partial charge in [-0.25, -0.2) is 9.97 Å². The average molecular weight is 465 g/mol. The summed E-state index contributed by atoms with van der Waals surface area (Å²) in [5.74, 6) is 1.25. The van der Waals surface area contributed by atoms with Gasteiger partial charge in [-0.05, 0) is 51.6 Å². The standard InChI is InChI=1S/C25H36N8O/c1-17-15-32(11-10-26-17)16-18-8-9-22(27-13-18)29-25-28-14-19-12-21(24(34)31(2)3)33(23(19)30-25)20-6-4-5-7-20/h8-9,12-14,17,20,24,26,34H,4-7,10-11,15-16H2,1-3H3,(H,27,28,29,30). The molecule has 9 heteroatoms. The van der Waals surface area contributed by atoms with Crippen molar-refractivity contribution in [2.75, 3.05) is 39.0 Å². The molecule has 34 heavy (non-hydrogen) atoms. The minimum Gasteiger partial charge on any atom is -0.373 e. The van der Waals surface area contributed by atoms with Crippen molar-refractivity contribution in [3.63, 3.8) is 0 Å². The van der Waals surface area contributed by atoms with Crippen molar-refractivity contribution in [1.29, 1.82) is 0 Å². The van der Waals surface area contributed by atoms with Crippen molar-refractivity contribution >= 4 is 22.8 Å². The molecular weight excluding hydrogens is 428 g/mol. The lowest BCUT2D eigenvalue weighted by molar-refractivity contribution is 0.0319. The van der Waals surface area contributed by atoms with E-state index < -0.39 is 6.23 Å². The Labute approximate surface area is 201 Å². The van der Waals surface area contributed by atoms with Crippen LogP contribution in [0.5, 0.6) is 0 Å². The average Bonchev–Trinajstić information content (AvgIpc) is 3.47. The van der Waals surface area contributed by atoms with Crippen LogP contribution >= 0.6 is 0 Å². The van der Waals surface area contributed by atoms with Crippen molar-refractivity contribution in [3.8, 4) is 0 Å². The summed E-state index contributed by atoms with van der Waals surface area (Å²) in [5.41, 5.74) is 2.95. The molecule has 0 spiro atoms. The highest BCUT2D eigenvalue weighted by molar-refractivity contribution is 5.78. The molecule has 3 aromatic heterocycles. The maximum absolute atomic E-state index is 10.8. The third kappa shape index (κ3) is 4.93. The largest absolute Gasteiger partial charge is 0.373 e. The molecule has 2 aliphatic rings. The zero-order valence-electron chi connectivity index (χ0n) is 20.4. The number of fused-ring (bicyclic) bond motifs is 1. The fraction of sp³-hybridized carbons (Fsp3) is 0.560. The van der Waals surface area contributed by atoms with Gasteiger partial charge in [-0.3, -0.25) is 9.80 Å². The van der Waals surface area contributed by atoms with Crippen LogP contribution in [0, 0.1) is 0 Å². The molecule has 182 valence electrons. The van der Waals surface area contributed by atoms with Crippen LogP contribution in [-0.2, 0) is 6.54 Å². The Morgan fingerprint density at radius 3 is 2.74 bits per heavy atom. The number of anilines is 2. The lowest BCUT2D eigenvalue weighted by atomic mass is 10.2. The van der Waals surface area contributed by atoms with Crippen LogP contribution in [-0.4, -0.2) is 74.2 Å². The second-order valence-electron chi connectivity index (χ2n) is 9.95. The number of aromatic nitrogens is 4. The van der Waals surface area contributed by atoms with Crippen molar-refractivity contribution in [3.05, 3.63) is 41.9 Å². The van der Waals surface area contributed by atoms with Crippen LogP contribution in [0.2, 0.25) is 0 Å². The van der Waals surface area contributed by atoms with Gasteiger partial charge < -0.3 is 20.3 Å². The third-order valence-electron chi connectivity index (χ3n) is 6.97. The predicted molar refractivity (Wildman–Crippen MR) is 134 cm³/mol. The quantitative estimate of drug-likeness (QED) is 0.460.